The van der Waals surface area contributed by atoms with Crippen LogP contribution in [0.3, 0.4) is 0 Å². The van der Waals surface area contributed by atoms with Gasteiger partial charge in [-0.15, -0.1) is 0 Å². The SMILES string of the molecule is COCCCNC(=O)CCNc1ccc(F)c(Cl)c1. The van der Waals surface area contributed by atoms with E-state index < -0.39 is 5.82 Å². The molecule has 0 radical (unpaired) electrons. The third-order valence-corrected chi connectivity index (χ3v) is 2.74. The number of carbonyl (C=O) groups excluding carboxylic acids is 1. The first kappa shape index (κ1) is 15.7. The molecule has 1 rings (SSSR count). The predicted octanol–water partition coefficient (Wildman–Crippen LogP) is 2.43. The molecule has 0 unspecified atom stereocenters. The second-order valence-corrected chi connectivity index (χ2v) is 4.41. The van der Waals surface area contributed by atoms with Gasteiger partial charge in [-0.05, 0) is 24.6 Å². The minimum absolute atomic E-state index is 0.0307. The topological polar surface area (TPSA) is 50.4 Å². The molecule has 1 aromatic carbocycles. The minimum Gasteiger partial charge on any atom is -0.385 e. The Balaban J connectivity index is 2.18. The van der Waals surface area contributed by atoms with Gasteiger partial charge in [0, 0.05) is 38.9 Å². The Bertz CT molecular complexity index is 416. The molecule has 0 heterocycles. The van der Waals surface area contributed by atoms with E-state index in [0.717, 1.165) is 6.42 Å². The summed E-state index contributed by atoms with van der Waals surface area (Å²) in [5.74, 6) is -0.486. The van der Waals surface area contributed by atoms with Gasteiger partial charge in [0.15, 0.2) is 0 Å². The summed E-state index contributed by atoms with van der Waals surface area (Å²) in [4.78, 5) is 11.4. The summed E-state index contributed by atoms with van der Waals surface area (Å²) in [6.45, 7) is 1.71. The average Bonchev–Trinajstić information content (AvgIpc) is 2.39. The van der Waals surface area contributed by atoms with E-state index in [-0.39, 0.29) is 10.9 Å². The zero-order valence-electron chi connectivity index (χ0n) is 10.8. The van der Waals surface area contributed by atoms with Crippen LogP contribution in [0.15, 0.2) is 18.2 Å². The van der Waals surface area contributed by atoms with E-state index in [1.54, 1.807) is 13.2 Å². The summed E-state index contributed by atoms with van der Waals surface area (Å²) in [6.07, 6.45) is 1.14. The number of amides is 1. The fraction of sp³-hybridized carbons (Fsp3) is 0.462. The van der Waals surface area contributed by atoms with Crippen LogP contribution < -0.4 is 10.6 Å². The molecule has 0 spiro atoms. The van der Waals surface area contributed by atoms with E-state index in [2.05, 4.69) is 10.6 Å². The van der Waals surface area contributed by atoms with Gasteiger partial charge in [-0.2, -0.15) is 0 Å². The Morgan fingerprint density at radius 3 is 2.89 bits per heavy atom. The lowest BCUT2D eigenvalue weighted by molar-refractivity contribution is -0.120. The molecule has 6 heteroatoms. The van der Waals surface area contributed by atoms with Crippen LogP contribution in [0.5, 0.6) is 0 Å². The van der Waals surface area contributed by atoms with E-state index in [0.29, 0.717) is 31.8 Å². The third kappa shape index (κ3) is 6.40. The van der Waals surface area contributed by atoms with Crippen molar-refractivity contribution in [2.24, 2.45) is 0 Å². The van der Waals surface area contributed by atoms with Crippen molar-refractivity contribution < 1.29 is 13.9 Å². The van der Waals surface area contributed by atoms with Gasteiger partial charge in [-0.3, -0.25) is 4.79 Å². The Labute approximate surface area is 117 Å². The number of hydrogen-bond acceptors (Lipinski definition) is 3. The highest BCUT2D eigenvalue weighted by atomic mass is 35.5. The van der Waals surface area contributed by atoms with Crippen LogP contribution in [-0.2, 0) is 9.53 Å². The summed E-state index contributed by atoms with van der Waals surface area (Å²) in [5.41, 5.74) is 0.693. The first-order valence-corrected chi connectivity index (χ1v) is 6.46. The summed E-state index contributed by atoms with van der Waals surface area (Å²) in [5, 5.41) is 5.85. The maximum atomic E-state index is 12.9. The zero-order valence-corrected chi connectivity index (χ0v) is 11.6. The molecular formula is C13H18ClFN2O2. The monoisotopic (exact) mass is 288 g/mol. The number of benzene rings is 1. The number of anilines is 1. The van der Waals surface area contributed by atoms with Crippen molar-refractivity contribution in [2.45, 2.75) is 12.8 Å². The number of rotatable bonds is 8. The van der Waals surface area contributed by atoms with E-state index in [4.69, 9.17) is 16.3 Å². The van der Waals surface area contributed by atoms with Crippen LogP contribution in [-0.4, -0.2) is 32.7 Å². The summed E-state index contributed by atoms with van der Waals surface area (Å²) in [7, 11) is 1.62. The van der Waals surface area contributed by atoms with Gasteiger partial charge in [0.1, 0.15) is 5.82 Å². The molecule has 4 nitrogen and oxygen atoms in total. The van der Waals surface area contributed by atoms with E-state index in [9.17, 15) is 9.18 Å². The highest BCUT2D eigenvalue weighted by molar-refractivity contribution is 6.31. The molecule has 2 N–H and O–H groups in total. The fourth-order valence-electron chi connectivity index (χ4n) is 1.46. The molecule has 0 aliphatic carbocycles. The second kappa shape index (κ2) is 8.72. The van der Waals surface area contributed by atoms with Crippen molar-refractivity contribution in [1.29, 1.82) is 0 Å². The summed E-state index contributed by atoms with van der Waals surface area (Å²) < 4.78 is 17.8. The van der Waals surface area contributed by atoms with E-state index in [1.807, 2.05) is 0 Å². The van der Waals surface area contributed by atoms with E-state index in [1.165, 1.54) is 12.1 Å². The number of hydrogen-bond donors (Lipinski definition) is 2. The van der Waals surface area contributed by atoms with Gasteiger partial charge >= 0.3 is 0 Å². The van der Waals surface area contributed by atoms with Crippen molar-refractivity contribution >= 4 is 23.2 Å². The van der Waals surface area contributed by atoms with Crippen molar-refractivity contribution in [3.05, 3.63) is 29.0 Å². The predicted molar refractivity (Wildman–Crippen MR) is 74.0 cm³/mol. The molecule has 0 bridgehead atoms. The van der Waals surface area contributed by atoms with Gasteiger partial charge in [0.05, 0.1) is 5.02 Å². The highest BCUT2D eigenvalue weighted by Gasteiger charge is 2.02. The lowest BCUT2D eigenvalue weighted by Crippen LogP contribution is -2.26. The number of nitrogens with one attached hydrogen (secondary N) is 2. The number of halogens is 2. The molecule has 0 saturated carbocycles. The van der Waals surface area contributed by atoms with Gasteiger partial charge in [0.2, 0.25) is 5.91 Å². The zero-order chi connectivity index (χ0) is 14.1. The van der Waals surface area contributed by atoms with Crippen LogP contribution in [0, 0.1) is 5.82 Å². The molecule has 19 heavy (non-hydrogen) atoms. The van der Waals surface area contributed by atoms with Crippen molar-refractivity contribution in [1.82, 2.24) is 5.32 Å². The van der Waals surface area contributed by atoms with Gasteiger partial charge in [-0.1, -0.05) is 11.6 Å². The normalized spacial score (nSPS) is 10.3. The number of methoxy groups -OCH3 is 1. The van der Waals surface area contributed by atoms with Gasteiger partial charge < -0.3 is 15.4 Å². The molecule has 1 amide bonds. The molecule has 0 aliphatic rings. The maximum Gasteiger partial charge on any atom is 0.221 e. The van der Waals surface area contributed by atoms with Crippen LogP contribution in [0.4, 0.5) is 10.1 Å². The van der Waals surface area contributed by atoms with Crippen molar-refractivity contribution in [2.75, 3.05) is 32.1 Å². The molecule has 1 aromatic rings. The first-order chi connectivity index (χ1) is 9.13. The lowest BCUT2D eigenvalue weighted by Gasteiger charge is -2.08. The molecule has 0 atom stereocenters. The number of carbonyl (C=O) groups is 1. The quantitative estimate of drug-likeness (QED) is 0.723. The van der Waals surface area contributed by atoms with Gasteiger partial charge in [0.25, 0.3) is 0 Å². The molecule has 0 aromatic heterocycles. The summed E-state index contributed by atoms with van der Waals surface area (Å²) in [6, 6.07) is 4.36. The Hall–Kier alpha value is -1.33. The molecule has 0 saturated heterocycles. The van der Waals surface area contributed by atoms with Crippen LogP contribution >= 0.6 is 11.6 Å². The lowest BCUT2D eigenvalue weighted by atomic mass is 10.3. The molecule has 106 valence electrons. The smallest absolute Gasteiger partial charge is 0.221 e. The van der Waals surface area contributed by atoms with Crippen LogP contribution in [0.2, 0.25) is 5.02 Å². The highest BCUT2D eigenvalue weighted by Crippen LogP contribution is 2.19. The third-order valence-electron chi connectivity index (χ3n) is 2.45. The number of ether oxygens (including phenoxy) is 1. The fourth-order valence-corrected chi connectivity index (χ4v) is 1.64. The Morgan fingerprint density at radius 2 is 2.21 bits per heavy atom. The Kier molecular flexibility index (Phi) is 7.22. The summed E-state index contributed by atoms with van der Waals surface area (Å²) >= 11 is 5.65. The van der Waals surface area contributed by atoms with Crippen molar-refractivity contribution in [3.8, 4) is 0 Å². The Morgan fingerprint density at radius 1 is 1.42 bits per heavy atom. The minimum atomic E-state index is -0.455. The van der Waals surface area contributed by atoms with Crippen LogP contribution in [0.1, 0.15) is 12.8 Å². The van der Waals surface area contributed by atoms with Crippen molar-refractivity contribution in [3.63, 3.8) is 0 Å². The first-order valence-electron chi connectivity index (χ1n) is 6.08. The largest absolute Gasteiger partial charge is 0.385 e. The maximum absolute atomic E-state index is 12.9. The molecule has 0 aliphatic heterocycles. The second-order valence-electron chi connectivity index (χ2n) is 4.00. The molecule has 0 fully saturated rings. The van der Waals surface area contributed by atoms with Crippen LogP contribution in [0.25, 0.3) is 0 Å². The van der Waals surface area contributed by atoms with Gasteiger partial charge in [-0.25, -0.2) is 4.39 Å². The molecular weight excluding hydrogens is 271 g/mol. The standard InChI is InChI=1S/C13H18ClFN2O2/c1-19-8-2-6-17-13(18)5-7-16-10-3-4-12(15)11(14)9-10/h3-4,9,16H,2,5-8H2,1H3,(H,17,18). The van der Waals surface area contributed by atoms with E-state index >= 15 is 0 Å². The average molecular weight is 289 g/mol.